The lowest BCUT2D eigenvalue weighted by Gasteiger charge is -2.14. The average molecular weight is 462 g/mol. The zero-order valence-corrected chi connectivity index (χ0v) is 19.7. The lowest BCUT2D eigenvalue weighted by molar-refractivity contribution is -0.120. The summed E-state index contributed by atoms with van der Waals surface area (Å²) in [6.45, 7) is 5.87. The Morgan fingerprint density at radius 2 is 1.73 bits per heavy atom. The standard InChI is InChI=1S/C27H28ClN3O2/c1-19-6-5-7-20(2)27(19)33-17-16-31-24-9-4-3-8-23(24)30-25(31)14-15-29-26(32)18-21-10-12-22(28)13-11-21/h3-13H,14-18H2,1-2H3,(H,29,32). The van der Waals surface area contributed by atoms with Gasteiger partial charge in [0.15, 0.2) is 0 Å². The van der Waals surface area contributed by atoms with Crippen LogP contribution in [0.4, 0.5) is 0 Å². The molecule has 0 aliphatic heterocycles. The Kier molecular flexibility index (Phi) is 7.30. The van der Waals surface area contributed by atoms with Crippen LogP contribution in [0.3, 0.4) is 0 Å². The number of hydrogen-bond donors (Lipinski definition) is 1. The van der Waals surface area contributed by atoms with Crippen molar-refractivity contribution in [1.82, 2.24) is 14.9 Å². The van der Waals surface area contributed by atoms with Gasteiger partial charge in [0.2, 0.25) is 5.91 Å². The summed E-state index contributed by atoms with van der Waals surface area (Å²) in [6, 6.07) is 21.6. The van der Waals surface area contributed by atoms with Crippen LogP contribution in [0.15, 0.2) is 66.7 Å². The SMILES string of the molecule is Cc1cccc(C)c1OCCn1c(CCNC(=O)Cc2ccc(Cl)cc2)nc2ccccc21. The minimum Gasteiger partial charge on any atom is -0.491 e. The molecule has 33 heavy (non-hydrogen) atoms. The third-order valence-corrected chi connectivity index (χ3v) is 5.90. The highest BCUT2D eigenvalue weighted by Gasteiger charge is 2.12. The van der Waals surface area contributed by atoms with Crippen molar-refractivity contribution >= 4 is 28.5 Å². The number of aromatic nitrogens is 2. The van der Waals surface area contributed by atoms with Crippen molar-refractivity contribution in [2.45, 2.75) is 33.2 Å². The first-order valence-electron chi connectivity index (χ1n) is 11.2. The molecule has 1 N–H and O–H groups in total. The van der Waals surface area contributed by atoms with Gasteiger partial charge in [-0.15, -0.1) is 0 Å². The second kappa shape index (κ2) is 10.5. The molecule has 0 fully saturated rings. The van der Waals surface area contributed by atoms with Gasteiger partial charge in [-0.3, -0.25) is 4.79 Å². The lowest BCUT2D eigenvalue weighted by atomic mass is 10.1. The smallest absolute Gasteiger partial charge is 0.224 e. The van der Waals surface area contributed by atoms with Crippen molar-refractivity contribution in [3.05, 3.63) is 94.3 Å². The number of halogens is 1. The number of rotatable bonds is 9. The third-order valence-electron chi connectivity index (χ3n) is 5.65. The van der Waals surface area contributed by atoms with Crippen LogP contribution in [-0.4, -0.2) is 28.6 Å². The van der Waals surface area contributed by atoms with Gasteiger partial charge >= 0.3 is 0 Å². The first kappa shape index (κ1) is 22.9. The third kappa shape index (κ3) is 5.74. The van der Waals surface area contributed by atoms with Crippen LogP contribution >= 0.6 is 11.6 Å². The number of ether oxygens (including phenoxy) is 1. The molecule has 4 aromatic rings. The van der Waals surface area contributed by atoms with E-state index in [0.717, 1.165) is 39.3 Å². The Bertz CT molecular complexity index is 1230. The minimum absolute atomic E-state index is 0.0154. The highest BCUT2D eigenvalue weighted by atomic mass is 35.5. The predicted molar refractivity (Wildman–Crippen MR) is 133 cm³/mol. The van der Waals surface area contributed by atoms with Crippen LogP contribution in [-0.2, 0) is 24.2 Å². The van der Waals surface area contributed by atoms with Gasteiger partial charge in [-0.1, -0.05) is 54.1 Å². The summed E-state index contributed by atoms with van der Waals surface area (Å²) in [5, 5.41) is 3.67. The Hall–Kier alpha value is -3.31. The van der Waals surface area contributed by atoms with E-state index in [4.69, 9.17) is 21.3 Å². The summed E-state index contributed by atoms with van der Waals surface area (Å²) >= 11 is 5.92. The van der Waals surface area contributed by atoms with Crippen LogP contribution < -0.4 is 10.1 Å². The summed E-state index contributed by atoms with van der Waals surface area (Å²) in [5.41, 5.74) is 5.23. The van der Waals surface area contributed by atoms with Gasteiger partial charge in [-0.2, -0.15) is 0 Å². The molecule has 5 nitrogen and oxygen atoms in total. The molecule has 0 unspecified atom stereocenters. The molecule has 3 aromatic carbocycles. The van der Waals surface area contributed by atoms with Crippen LogP contribution in [0, 0.1) is 13.8 Å². The molecule has 0 spiro atoms. The molecule has 1 aromatic heterocycles. The molecule has 4 rings (SSSR count). The van der Waals surface area contributed by atoms with Crippen molar-refractivity contribution in [2.24, 2.45) is 0 Å². The van der Waals surface area contributed by atoms with Crippen LogP contribution in [0.2, 0.25) is 5.02 Å². The van der Waals surface area contributed by atoms with E-state index < -0.39 is 0 Å². The molecule has 0 saturated carbocycles. The molecular formula is C27H28ClN3O2. The predicted octanol–water partition coefficient (Wildman–Crippen LogP) is 5.29. The number of imidazole rings is 1. The van der Waals surface area contributed by atoms with Gasteiger partial charge in [0.1, 0.15) is 18.2 Å². The fourth-order valence-corrected chi connectivity index (χ4v) is 4.12. The summed E-state index contributed by atoms with van der Waals surface area (Å²) in [5.74, 6) is 1.87. The quantitative estimate of drug-likeness (QED) is 0.368. The number of carbonyl (C=O) groups excluding carboxylic acids is 1. The molecule has 170 valence electrons. The van der Waals surface area contributed by atoms with Crippen molar-refractivity contribution in [3.8, 4) is 5.75 Å². The summed E-state index contributed by atoms with van der Waals surface area (Å²) in [4.78, 5) is 17.2. The number of aryl methyl sites for hydroxylation is 2. The molecule has 1 heterocycles. The van der Waals surface area contributed by atoms with E-state index in [9.17, 15) is 4.79 Å². The molecule has 0 aliphatic rings. The topological polar surface area (TPSA) is 56.1 Å². The Labute approximate surface area is 199 Å². The average Bonchev–Trinajstić information content (AvgIpc) is 3.15. The second-order valence-corrected chi connectivity index (χ2v) is 8.58. The van der Waals surface area contributed by atoms with E-state index >= 15 is 0 Å². The normalized spacial score (nSPS) is 11.0. The minimum atomic E-state index is -0.0154. The molecule has 0 aliphatic carbocycles. The Morgan fingerprint density at radius 3 is 2.48 bits per heavy atom. The van der Waals surface area contributed by atoms with E-state index in [1.807, 2.05) is 36.4 Å². The number of amides is 1. The van der Waals surface area contributed by atoms with Gasteiger partial charge < -0.3 is 14.6 Å². The summed E-state index contributed by atoms with van der Waals surface area (Å²) in [6.07, 6.45) is 0.974. The highest BCUT2D eigenvalue weighted by Crippen LogP contribution is 2.23. The fourth-order valence-electron chi connectivity index (χ4n) is 4.00. The molecule has 1 amide bonds. The first-order chi connectivity index (χ1) is 16.0. The summed E-state index contributed by atoms with van der Waals surface area (Å²) < 4.78 is 8.32. The molecule has 0 bridgehead atoms. The van der Waals surface area contributed by atoms with Gasteiger partial charge in [0.05, 0.1) is 24.0 Å². The molecule has 0 saturated heterocycles. The number of fused-ring (bicyclic) bond motifs is 1. The van der Waals surface area contributed by atoms with E-state index in [-0.39, 0.29) is 5.91 Å². The van der Waals surface area contributed by atoms with Crippen LogP contribution in [0.25, 0.3) is 11.0 Å². The second-order valence-electron chi connectivity index (χ2n) is 8.14. The first-order valence-corrected chi connectivity index (χ1v) is 11.5. The number of carbonyl (C=O) groups is 1. The molecule has 0 radical (unpaired) electrons. The molecule has 0 atom stereocenters. The summed E-state index contributed by atoms with van der Waals surface area (Å²) in [7, 11) is 0. The van der Waals surface area contributed by atoms with Crippen molar-refractivity contribution in [1.29, 1.82) is 0 Å². The Morgan fingerprint density at radius 1 is 1.00 bits per heavy atom. The fraction of sp³-hybridized carbons (Fsp3) is 0.259. The maximum absolute atomic E-state index is 12.3. The number of nitrogens with zero attached hydrogens (tertiary/aromatic N) is 2. The van der Waals surface area contributed by atoms with Crippen LogP contribution in [0.5, 0.6) is 5.75 Å². The van der Waals surface area contributed by atoms with E-state index in [1.54, 1.807) is 12.1 Å². The largest absolute Gasteiger partial charge is 0.491 e. The van der Waals surface area contributed by atoms with Gasteiger partial charge in [0.25, 0.3) is 0 Å². The maximum atomic E-state index is 12.3. The number of hydrogen-bond acceptors (Lipinski definition) is 3. The zero-order valence-electron chi connectivity index (χ0n) is 19.0. The van der Waals surface area contributed by atoms with Gasteiger partial charge in [-0.25, -0.2) is 4.98 Å². The van der Waals surface area contributed by atoms with E-state index in [0.29, 0.717) is 37.6 Å². The zero-order chi connectivity index (χ0) is 23.2. The van der Waals surface area contributed by atoms with Crippen molar-refractivity contribution in [2.75, 3.05) is 13.2 Å². The number of nitrogens with one attached hydrogen (secondary N) is 1. The van der Waals surface area contributed by atoms with Crippen molar-refractivity contribution < 1.29 is 9.53 Å². The Balaban J connectivity index is 1.39. The van der Waals surface area contributed by atoms with Crippen molar-refractivity contribution in [3.63, 3.8) is 0 Å². The van der Waals surface area contributed by atoms with Gasteiger partial charge in [-0.05, 0) is 54.8 Å². The molecule has 6 heteroatoms. The van der Waals surface area contributed by atoms with Crippen LogP contribution in [0.1, 0.15) is 22.5 Å². The lowest BCUT2D eigenvalue weighted by Crippen LogP contribution is -2.28. The van der Waals surface area contributed by atoms with E-state index in [2.05, 4.69) is 41.9 Å². The number of para-hydroxylation sites is 3. The number of benzene rings is 3. The van der Waals surface area contributed by atoms with Gasteiger partial charge in [0, 0.05) is 18.0 Å². The van der Waals surface area contributed by atoms with E-state index in [1.165, 1.54) is 0 Å². The maximum Gasteiger partial charge on any atom is 0.224 e. The monoisotopic (exact) mass is 461 g/mol. The molecular weight excluding hydrogens is 434 g/mol. The highest BCUT2D eigenvalue weighted by molar-refractivity contribution is 6.30.